The summed E-state index contributed by atoms with van der Waals surface area (Å²) in [6.07, 6.45) is 0. The molecule has 0 aliphatic carbocycles. The fraction of sp³-hybridized carbons (Fsp3) is 0.0833. The number of nitrogens with one attached hydrogen (secondary N) is 2. The normalized spacial score (nSPS) is 10.4. The summed E-state index contributed by atoms with van der Waals surface area (Å²) in [6.45, 7) is 1.23. The van der Waals surface area contributed by atoms with Gasteiger partial charge < -0.3 is 19.9 Å². The summed E-state index contributed by atoms with van der Waals surface area (Å²) in [5, 5.41) is 9.45. The molecule has 160 valence electrons. The van der Waals surface area contributed by atoms with E-state index in [-0.39, 0.29) is 18.4 Å². The van der Waals surface area contributed by atoms with Crippen LogP contribution in [-0.2, 0) is 9.59 Å². The van der Waals surface area contributed by atoms with Crippen molar-refractivity contribution in [2.24, 2.45) is 0 Å². The Hall–Kier alpha value is -4.46. The minimum atomic E-state index is -0.331. The Morgan fingerprint density at radius 1 is 0.875 bits per heavy atom. The van der Waals surface area contributed by atoms with Gasteiger partial charge in [-0.2, -0.15) is 4.98 Å². The minimum Gasteiger partial charge on any atom is -0.483 e. The van der Waals surface area contributed by atoms with Gasteiger partial charge in [-0.25, -0.2) is 0 Å². The zero-order valence-electron chi connectivity index (χ0n) is 17.2. The molecule has 0 bridgehead atoms. The number of hydrogen-bond donors (Lipinski definition) is 2. The second-order valence-corrected chi connectivity index (χ2v) is 6.88. The molecule has 32 heavy (non-hydrogen) atoms. The Morgan fingerprint density at radius 2 is 1.53 bits per heavy atom. The van der Waals surface area contributed by atoms with Crippen LogP contribution in [0.5, 0.6) is 5.75 Å². The quantitative estimate of drug-likeness (QED) is 0.452. The van der Waals surface area contributed by atoms with Crippen molar-refractivity contribution in [1.82, 2.24) is 10.1 Å². The monoisotopic (exact) mass is 428 g/mol. The summed E-state index contributed by atoms with van der Waals surface area (Å²) in [5.74, 6) is 0.727. The second kappa shape index (κ2) is 9.57. The maximum atomic E-state index is 12.3. The summed E-state index contributed by atoms with van der Waals surface area (Å²) in [7, 11) is 0. The molecule has 8 nitrogen and oxygen atoms in total. The highest BCUT2D eigenvalue weighted by Crippen LogP contribution is 2.30. The van der Waals surface area contributed by atoms with E-state index in [9.17, 15) is 9.59 Å². The van der Waals surface area contributed by atoms with Crippen LogP contribution in [0.25, 0.3) is 22.8 Å². The molecule has 3 aromatic carbocycles. The number of para-hydroxylation sites is 1. The van der Waals surface area contributed by atoms with E-state index in [1.807, 2.05) is 36.4 Å². The Morgan fingerprint density at radius 3 is 2.25 bits per heavy atom. The second-order valence-electron chi connectivity index (χ2n) is 6.88. The molecule has 0 saturated carbocycles. The van der Waals surface area contributed by atoms with Gasteiger partial charge in [0.2, 0.25) is 11.7 Å². The van der Waals surface area contributed by atoms with Gasteiger partial charge in [0.05, 0.1) is 5.56 Å². The predicted octanol–water partition coefficient (Wildman–Crippen LogP) is 4.38. The maximum absolute atomic E-state index is 12.3. The molecule has 0 saturated heterocycles. The van der Waals surface area contributed by atoms with Crippen molar-refractivity contribution in [2.45, 2.75) is 6.92 Å². The predicted molar refractivity (Wildman–Crippen MR) is 120 cm³/mol. The third kappa shape index (κ3) is 5.17. The first-order chi connectivity index (χ1) is 15.6. The number of benzene rings is 3. The average molecular weight is 428 g/mol. The first-order valence-corrected chi connectivity index (χ1v) is 9.87. The molecule has 1 aromatic heterocycles. The maximum Gasteiger partial charge on any atom is 0.262 e. The molecule has 0 unspecified atom stereocenters. The highest BCUT2D eigenvalue weighted by atomic mass is 16.5. The largest absolute Gasteiger partial charge is 0.483 e. The van der Waals surface area contributed by atoms with Gasteiger partial charge in [-0.15, -0.1) is 0 Å². The van der Waals surface area contributed by atoms with Crippen LogP contribution in [0.2, 0.25) is 0 Å². The first kappa shape index (κ1) is 20.8. The van der Waals surface area contributed by atoms with Crippen molar-refractivity contribution in [3.8, 4) is 28.6 Å². The van der Waals surface area contributed by atoms with Crippen LogP contribution in [0, 0.1) is 0 Å². The number of aromatic nitrogens is 2. The number of carbonyl (C=O) groups excluding carboxylic acids is 2. The smallest absolute Gasteiger partial charge is 0.262 e. The number of ether oxygens (including phenoxy) is 1. The van der Waals surface area contributed by atoms with Gasteiger partial charge in [-0.1, -0.05) is 47.6 Å². The van der Waals surface area contributed by atoms with Crippen molar-refractivity contribution >= 4 is 23.2 Å². The number of rotatable bonds is 7. The first-order valence-electron chi connectivity index (χ1n) is 9.87. The van der Waals surface area contributed by atoms with Crippen LogP contribution in [0.3, 0.4) is 0 Å². The molecule has 4 aromatic rings. The lowest BCUT2D eigenvalue weighted by molar-refractivity contribution is -0.118. The number of nitrogens with zero attached hydrogens (tertiary/aromatic N) is 2. The van der Waals surface area contributed by atoms with Crippen LogP contribution >= 0.6 is 0 Å². The van der Waals surface area contributed by atoms with Gasteiger partial charge >= 0.3 is 0 Å². The molecular weight excluding hydrogens is 408 g/mol. The van der Waals surface area contributed by atoms with Crippen molar-refractivity contribution < 1.29 is 18.8 Å². The van der Waals surface area contributed by atoms with Gasteiger partial charge in [0.15, 0.2) is 6.61 Å². The van der Waals surface area contributed by atoms with Crippen LogP contribution in [-0.4, -0.2) is 28.6 Å². The Balaban J connectivity index is 1.41. The van der Waals surface area contributed by atoms with E-state index < -0.39 is 0 Å². The van der Waals surface area contributed by atoms with Crippen molar-refractivity contribution in [2.75, 3.05) is 17.2 Å². The average Bonchev–Trinajstić information content (AvgIpc) is 3.30. The van der Waals surface area contributed by atoms with E-state index in [2.05, 4.69) is 20.8 Å². The minimum absolute atomic E-state index is 0.161. The van der Waals surface area contributed by atoms with Crippen molar-refractivity contribution in [3.63, 3.8) is 0 Å². The van der Waals surface area contributed by atoms with E-state index in [0.29, 0.717) is 34.4 Å². The molecule has 8 heteroatoms. The fourth-order valence-electron chi connectivity index (χ4n) is 2.99. The topological polar surface area (TPSA) is 106 Å². The van der Waals surface area contributed by atoms with E-state index in [1.54, 1.807) is 42.5 Å². The van der Waals surface area contributed by atoms with E-state index in [1.165, 1.54) is 6.92 Å². The molecule has 0 radical (unpaired) electrons. The zero-order valence-corrected chi connectivity index (χ0v) is 17.2. The van der Waals surface area contributed by atoms with E-state index in [4.69, 9.17) is 9.26 Å². The van der Waals surface area contributed by atoms with Gasteiger partial charge in [-0.05, 0) is 36.4 Å². The van der Waals surface area contributed by atoms with E-state index >= 15 is 0 Å². The standard InChI is InChI=1S/C24H20N4O4/c1-16(29)25-18-11-13-19(14-12-18)26-22(30)15-31-21-10-6-5-9-20(21)24-27-23(28-32-24)17-7-3-2-4-8-17/h2-14H,15H2,1H3,(H,25,29)(H,26,30). The molecule has 4 rings (SSSR count). The van der Waals surface area contributed by atoms with Gasteiger partial charge in [-0.3, -0.25) is 9.59 Å². The van der Waals surface area contributed by atoms with Crippen LogP contribution in [0.4, 0.5) is 11.4 Å². The summed E-state index contributed by atoms with van der Waals surface area (Å²) in [6, 6.07) is 23.4. The SMILES string of the molecule is CC(=O)Nc1ccc(NC(=O)COc2ccccc2-c2nc(-c3ccccc3)no2)cc1. The van der Waals surface area contributed by atoms with Gasteiger partial charge in [0.25, 0.3) is 11.8 Å². The number of anilines is 2. The van der Waals surface area contributed by atoms with Gasteiger partial charge in [0.1, 0.15) is 5.75 Å². The Labute approximate surface area is 184 Å². The van der Waals surface area contributed by atoms with Gasteiger partial charge in [0, 0.05) is 23.9 Å². The summed E-state index contributed by atoms with van der Waals surface area (Å²) >= 11 is 0. The van der Waals surface area contributed by atoms with E-state index in [0.717, 1.165) is 5.56 Å². The fourth-order valence-corrected chi connectivity index (χ4v) is 2.99. The van der Waals surface area contributed by atoms with Crippen molar-refractivity contribution in [3.05, 3.63) is 78.9 Å². The molecule has 1 heterocycles. The molecule has 0 atom stereocenters. The zero-order chi connectivity index (χ0) is 22.3. The highest BCUT2D eigenvalue weighted by molar-refractivity contribution is 5.93. The van der Waals surface area contributed by atoms with Crippen LogP contribution in [0.1, 0.15) is 6.92 Å². The van der Waals surface area contributed by atoms with Crippen LogP contribution in [0.15, 0.2) is 83.4 Å². The highest BCUT2D eigenvalue weighted by Gasteiger charge is 2.15. The molecular formula is C24H20N4O4. The van der Waals surface area contributed by atoms with Crippen molar-refractivity contribution in [1.29, 1.82) is 0 Å². The third-order valence-corrected chi connectivity index (χ3v) is 4.42. The lowest BCUT2D eigenvalue weighted by atomic mass is 10.2. The summed E-state index contributed by atoms with van der Waals surface area (Å²) in [4.78, 5) is 27.9. The molecule has 0 aliphatic heterocycles. The molecule has 2 N–H and O–H groups in total. The number of hydrogen-bond acceptors (Lipinski definition) is 6. The molecule has 0 fully saturated rings. The molecule has 0 spiro atoms. The molecule has 0 aliphatic rings. The summed E-state index contributed by atoms with van der Waals surface area (Å²) < 4.78 is 11.1. The Kier molecular flexibility index (Phi) is 6.22. The number of carbonyl (C=O) groups is 2. The Bertz CT molecular complexity index is 1220. The third-order valence-electron chi connectivity index (χ3n) is 4.42. The summed E-state index contributed by atoms with van der Waals surface area (Å²) in [5.41, 5.74) is 2.67. The lowest BCUT2D eigenvalue weighted by Gasteiger charge is -2.10. The number of amides is 2. The molecule has 2 amide bonds. The lowest BCUT2D eigenvalue weighted by Crippen LogP contribution is -2.20. The van der Waals surface area contributed by atoms with Crippen LogP contribution < -0.4 is 15.4 Å².